The first-order valence-corrected chi connectivity index (χ1v) is 9.80. The lowest BCUT2D eigenvalue weighted by Gasteiger charge is -2.14. The van der Waals surface area contributed by atoms with E-state index < -0.39 is 0 Å². The van der Waals surface area contributed by atoms with E-state index in [1.807, 2.05) is 25.1 Å². The molecule has 148 valence electrons. The Morgan fingerprint density at radius 2 is 2.14 bits per heavy atom. The van der Waals surface area contributed by atoms with Gasteiger partial charge in [-0.25, -0.2) is 14.9 Å². The van der Waals surface area contributed by atoms with E-state index in [4.69, 9.17) is 4.74 Å². The molecule has 3 rings (SSSR count). The van der Waals surface area contributed by atoms with Crippen molar-refractivity contribution in [1.82, 2.24) is 25.6 Å². The number of tetrazole rings is 1. The zero-order chi connectivity index (χ0) is 19.9. The molecule has 2 heterocycles. The molecule has 0 bridgehead atoms. The Labute approximate surface area is 166 Å². The van der Waals surface area contributed by atoms with Gasteiger partial charge in [0.2, 0.25) is 0 Å². The molecule has 0 saturated heterocycles. The number of hydrogen-bond donors (Lipinski definition) is 3. The lowest BCUT2D eigenvalue weighted by Crippen LogP contribution is -2.20. The van der Waals surface area contributed by atoms with Crippen molar-refractivity contribution in [2.45, 2.75) is 33.6 Å². The number of hydrogen-bond acceptors (Lipinski definition) is 7. The second-order valence-electron chi connectivity index (χ2n) is 6.76. The number of carbonyl (C=O) groups excluding carboxylic acids is 1. The van der Waals surface area contributed by atoms with Gasteiger partial charge in [0.1, 0.15) is 11.6 Å². The normalized spacial score (nSPS) is 10.9. The van der Waals surface area contributed by atoms with E-state index in [0.717, 1.165) is 16.9 Å². The third kappa shape index (κ3) is 5.74. The predicted molar refractivity (Wildman–Crippen MR) is 108 cm³/mol. The summed E-state index contributed by atoms with van der Waals surface area (Å²) in [6.45, 7) is 6.72. The van der Waals surface area contributed by atoms with Gasteiger partial charge in [-0.1, -0.05) is 19.9 Å². The number of thiazole rings is 1. The Kier molecular flexibility index (Phi) is 6.53. The number of aromatic nitrogens is 5. The monoisotopic (exact) mass is 401 g/mol. The first-order valence-electron chi connectivity index (χ1n) is 8.98. The van der Waals surface area contributed by atoms with Crippen LogP contribution in [0.2, 0.25) is 0 Å². The van der Waals surface area contributed by atoms with Crippen LogP contribution in [0.15, 0.2) is 24.4 Å². The van der Waals surface area contributed by atoms with Gasteiger partial charge in [0.05, 0.1) is 12.3 Å². The minimum atomic E-state index is -0.362. The number of aryl methyl sites for hydroxylation is 3. The number of amides is 2. The molecule has 2 amide bonds. The van der Waals surface area contributed by atoms with Crippen molar-refractivity contribution < 1.29 is 9.53 Å². The highest BCUT2D eigenvalue weighted by Gasteiger charge is 2.11. The van der Waals surface area contributed by atoms with Crippen LogP contribution < -0.4 is 15.4 Å². The number of rotatable bonds is 8. The van der Waals surface area contributed by atoms with Crippen LogP contribution >= 0.6 is 11.3 Å². The summed E-state index contributed by atoms with van der Waals surface area (Å²) in [6.07, 6.45) is 3.16. The topological polar surface area (TPSA) is 118 Å². The van der Waals surface area contributed by atoms with Crippen molar-refractivity contribution in [3.05, 3.63) is 40.7 Å². The minimum Gasteiger partial charge on any atom is -0.491 e. The van der Waals surface area contributed by atoms with Crippen LogP contribution in [0.1, 0.15) is 30.1 Å². The molecule has 3 N–H and O–H groups in total. The molecule has 9 nitrogen and oxygen atoms in total. The number of H-pyrrole nitrogens is 1. The van der Waals surface area contributed by atoms with Crippen molar-refractivity contribution in [2.75, 3.05) is 17.2 Å². The third-order valence-corrected chi connectivity index (χ3v) is 4.70. The van der Waals surface area contributed by atoms with Crippen LogP contribution in [0.5, 0.6) is 5.75 Å². The zero-order valence-electron chi connectivity index (χ0n) is 16.0. The van der Waals surface area contributed by atoms with Crippen LogP contribution in [0.3, 0.4) is 0 Å². The van der Waals surface area contributed by atoms with Crippen LogP contribution in [-0.2, 0) is 12.8 Å². The van der Waals surface area contributed by atoms with E-state index in [0.29, 0.717) is 41.3 Å². The lowest BCUT2D eigenvalue weighted by molar-refractivity contribution is 0.260. The molecule has 0 aliphatic heterocycles. The molecule has 0 unspecified atom stereocenters. The molecule has 0 aliphatic carbocycles. The van der Waals surface area contributed by atoms with E-state index in [9.17, 15) is 4.79 Å². The van der Waals surface area contributed by atoms with Gasteiger partial charge in [0.15, 0.2) is 5.13 Å². The quantitative estimate of drug-likeness (QED) is 0.532. The summed E-state index contributed by atoms with van der Waals surface area (Å²) in [5.74, 6) is 1.77. The molecule has 28 heavy (non-hydrogen) atoms. The summed E-state index contributed by atoms with van der Waals surface area (Å²) in [5, 5.41) is 19.8. The Hall–Kier alpha value is -3.01. The summed E-state index contributed by atoms with van der Waals surface area (Å²) < 4.78 is 5.83. The molecule has 0 fully saturated rings. The largest absolute Gasteiger partial charge is 0.491 e. The smallest absolute Gasteiger partial charge is 0.325 e. The fourth-order valence-corrected chi connectivity index (χ4v) is 3.17. The number of benzene rings is 1. The molecular formula is C18H23N7O2S. The number of anilines is 2. The van der Waals surface area contributed by atoms with Crippen molar-refractivity contribution in [3.63, 3.8) is 0 Å². The first-order chi connectivity index (χ1) is 13.5. The summed E-state index contributed by atoms with van der Waals surface area (Å²) in [7, 11) is 0. The Morgan fingerprint density at radius 1 is 1.29 bits per heavy atom. The Balaban J connectivity index is 1.57. The highest BCUT2D eigenvalue weighted by molar-refractivity contribution is 7.15. The van der Waals surface area contributed by atoms with Crippen LogP contribution in [0.25, 0.3) is 0 Å². The number of nitrogens with zero attached hydrogens (tertiary/aromatic N) is 4. The molecule has 10 heteroatoms. The summed E-state index contributed by atoms with van der Waals surface area (Å²) in [4.78, 5) is 17.6. The van der Waals surface area contributed by atoms with Crippen molar-refractivity contribution in [2.24, 2.45) is 5.92 Å². The fourth-order valence-electron chi connectivity index (χ4n) is 2.37. The summed E-state index contributed by atoms with van der Waals surface area (Å²) in [6, 6.07) is 5.32. The second-order valence-corrected chi connectivity index (χ2v) is 7.88. The predicted octanol–water partition coefficient (Wildman–Crippen LogP) is 3.43. The molecule has 0 atom stereocenters. The highest BCUT2D eigenvalue weighted by Crippen LogP contribution is 2.27. The van der Waals surface area contributed by atoms with Crippen molar-refractivity contribution in [3.8, 4) is 5.75 Å². The van der Waals surface area contributed by atoms with Gasteiger partial charge < -0.3 is 10.1 Å². The average molecular weight is 401 g/mol. The summed E-state index contributed by atoms with van der Waals surface area (Å²) in [5.41, 5.74) is 1.69. The molecule has 2 aromatic heterocycles. The van der Waals surface area contributed by atoms with E-state index in [2.05, 4.69) is 50.1 Å². The van der Waals surface area contributed by atoms with E-state index in [1.54, 1.807) is 6.20 Å². The van der Waals surface area contributed by atoms with Crippen molar-refractivity contribution >= 4 is 28.2 Å². The number of ether oxygens (including phenoxy) is 1. The van der Waals surface area contributed by atoms with E-state index in [-0.39, 0.29) is 6.03 Å². The first kappa shape index (κ1) is 19.7. The van der Waals surface area contributed by atoms with Gasteiger partial charge in [-0.15, -0.1) is 16.4 Å². The molecule has 1 aromatic carbocycles. The van der Waals surface area contributed by atoms with E-state index in [1.165, 1.54) is 11.3 Å². The van der Waals surface area contributed by atoms with Gasteiger partial charge >= 0.3 is 6.03 Å². The number of nitrogens with one attached hydrogen (secondary N) is 3. The van der Waals surface area contributed by atoms with Gasteiger partial charge in [-0.3, -0.25) is 5.32 Å². The number of urea groups is 1. The van der Waals surface area contributed by atoms with Crippen LogP contribution in [0.4, 0.5) is 15.6 Å². The number of aromatic amines is 1. The molecule has 0 saturated carbocycles. The maximum absolute atomic E-state index is 12.4. The third-order valence-electron chi connectivity index (χ3n) is 3.73. The minimum absolute atomic E-state index is 0.362. The Morgan fingerprint density at radius 3 is 2.89 bits per heavy atom. The fraction of sp³-hybridized carbons (Fsp3) is 0.389. The molecular weight excluding hydrogens is 378 g/mol. The van der Waals surface area contributed by atoms with E-state index >= 15 is 0 Å². The number of carbonyl (C=O) groups is 1. The van der Waals surface area contributed by atoms with Crippen molar-refractivity contribution in [1.29, 1.82) is 0 Å². The maximum atomic E-state index is 12.4. The Bertz CT molecular complexity index is 909. The standard InChI is InChI=1S/C18H23N7O2S/c1-11(2)10-27-15-8-12(3)4-6-14(15)20-17(26)21-18-19-9-13(28-18)5-7-16-22-24-25-23-16/h4,6,8-9,11H,5,7,10H2,1-3H3,(H2,19,20,21,26)(H,22,23,24,25). The van der Waals surface area contributed by atoms with Gasteiger partial charge in [-0.2, -0.15) is 0 Å². The molecule has 0 radical (unpaired) electrons. The summed E-state index contributed by atoms with van der Waals surface area (Å²) >= 11 is 1.42. The van der Waals surface area contributed by atoms with Gasteiger partial charge in [0.25, 0.3) is 0 Å². The van der Waals surface area contributed by atoms with Gasteiger partial charge in [-0.05, 0) is 47.4 Å². The second kappa shape index (κ2) is 9.27. The molecule has 0 spiro atoms. The maximum Gasteiger partial charge on any atom is 0.325 e. The average Bonchev–Trinajstić information content (AvgIpc) is 3.32. The lowest BCUT2D eigenvalue weighted by atomic mass is 10.2. The zero-order valence-corrected chi connectivity index (χ0v) is 16.8. The highest BCUT2D eigenvalue weighted by atomic mass is 32.1. The van der Waals surface area contributed by atoms with Gasteiger partial charge in [0, 0.05) is 17.5 Å². The molecule has 0 aliphatic rings. The van der Waals surface area contributed by atoms with Crippen LogP contribution in [-0.4, -0.2) is 38.2 Å². The molecule has 3 aromatic rings. The van der Waals surface area contributed by atoms with Crippen LogP contribution in [0, 0.1) is 12.8 Å². The SMILES string of the molecule is Cc1ccc(NC(=O)Nc2ncc(CCc3nnn[nH]3)s2)c(OCC(C)C)c1.